The Labute approximate surface area is 190 Å². The molecule has 0 saturated carbocycles. The van der Waals surface area contributed by atoms with Crippen molar-refractivity contribution in [3.8, 4) is 22.9 Å². The van der Waals surface area contributed by atoms with Gasteiger partial charge in [-0.25, -0.2) is 0 Å². The van der Waals surface area contributed by atoms with Gasteiger partial charge in [-0.05, 0) is 48.4 Å². The molecule has 1 heterocycles. The number of aromatic nitrogens is 3. The molecule has 0 atom stereocenters. The lowest BCUT2D eigenvalue weighted by atomic mass is 10.1. The first-order chi connectivity index (χ1) is 15.7. The summed E-state index contributed by atoms with van der Waals surface area (Å²) in [6, 6.07) is 24.3. The molecule has 0 bridgehead atoms. The van der Waals surface area contributed by atoms with Crippen LogP contribution in [0.25, 0.3) is 11.4 Å². The number of carbonyl (C=O) groups excluding carboxylic acids is 1. The van der Waals surface area contributed by atoms with Gasteiger partial charge in [0.25, 0.3) is 0 Å². The highest BCUT2D eigenvalue weighted by atomic mass is 32.2. The third-order valence-electron chi connectivity index (χ3n) is 5.07. The zero-order chi connectivity index (χ0) is 22.3. The fourth-order valence-corrected chi connectivity index (χ4v) is 4.19. The molecule has 0 saturated heterocycles. The van der Waals surface area contributed by atoms with Crippen LogP contribution in [0.1, 0.15) is 15.9 Å². The van der Waals surface area contributed by atoms with Crippen LogP contribution in [-0.4, -0.2) is 38.5 Å². The van der Waals surface area contributed by atoms with E-state index < -0.39 is 0 Å². The van der Waals surface area contributed by atoms with Gasteiger partial charge in [0.05, 0.1) is 18.4 Å². The molecule has 1 aromatic heterocycles. The SMILES string of the molecule is COc1ccc(C(=O)CSc2nnc(-c3ccccc3O)n2CCc2ccccc2)cc1. The molecular formula is C25H23N3O3S. The van der Waals surface area contributed by atoms with Crippen molar-refractivity contribution in [3.05, 3.63) is 90.0 Å². The number of phenolic OH excluding ortho intramolecular Hbond substituents is 1. The van der Waals surface area contributed by atoms with E-state index in [1.807, 2.05) is 34.9 Å². The summed E-state index contributed by atoms with van der Waals surface area (Å²) in [4.78, 5) is 12.7. The number of aromatic hydroxyl groups is 1. The number of methoxy groups -OCH3 is 1. The lowest BCUT2D eigenvalue weighted by molar-refractivity contribution is 0.102. The summed E-state index contributed by atoms with van der Waals surface area (Å²) >= 11 is 1.34. The van der Waals surface area contributed by atoms with E-state index in [1.165, 1.54) is 17.3 Å². The van der Waals surface area contributed by atoms with Crippen molar-refractivity contribution >= 4 is 17.5 Å². The maximum absolute atomic E-state index is 12.7. The summed E-state index contributed by atoms with van der Waals surface area (Å²) in [5.74, 6) is 1.67. The average Bonchev–Trinajstić information content (AvgIpc) is 3.24. The second-order valence-corrected chi connectivity index (χ2v) is 8.09. The molecule has 162 valence electrons. The Morgan fingerprint density at radius 3 is 2.41 bits per heavy atom. The number of ketones is 1. The number of para-hydroxylation sites is 1. The number of ether oxygens (including phenoxy) is 1. The van der Waals surface area contributed by atoms with E-state index in [0.717, 1.165) is 6.42 Å². The van der Waals surface area contributed by atoms with E-state index in [1.54, 1.807) is 43.5 Å². The van der Waals surface area contributed by atoms with E-state index >= 15 is 0 Å². The molecule has 0 amide bonds. The molecule has 0 aliphatic rings. The number of hydrogen-bond acceptors (Lipinski definition) is 6. The Bertz CT molecular complexity index is 1190. The maximum Gasteiger partial charge on any atom is 0.191 e. The number of Topliss-reactive ketones (excluding diaryl/α,β-unsaturated/α-hetero) is 1. The first-order valence-corrected chi connectivity index (χ1v) is 11.2. The molecule has 0 aliphatic heterocycles. The van der Waals surface area contributed by atoms with Crippen molar-refractivity contribution in [2.45, 2.75) is 18.1 Å². The molecule has 7 heteroatoms. The van der Waals surface area contributed by atoms with Crippen molar-refractivity contribution in [3.63, 3.8) is 0 Å². The van der Waals surface area contributed by atoms with E-state index in [9.17, 15) is 9.90 Å². The van der Waals surface area contributed by atoms with Gasteiger partial charge in [-0.15, -0.1) is 10.2 Å². The fraction of sp³-hybridized carbons (Fsp3) is 0.160. The zero-order valence-electron chi connectivity index (χ0n) is 17.6. The highest BCUT2D eigenvalue weighted by Gasteiger charge is 2.18. The number of nitrogens with zero attached hydrogens (tertiary/aromatic N) is 3. The summed E-state index contributed by atoms with van der Waals surface area (Å²) in [5, 5.41) is 19.6. The van der Waals surface area contributed by atoms with E-state index in [-0.39, 0.29) is 17.3 Å². The minimum Gasteiger partial charge on any atom is -0.507 e. The van der Waals surface area contributed by atoms with Crippen LogP contribution >= 0.6 is 11.8 Å². The molecule has 4 rings (SSSR count). The largest absolute Gasteiger partial charge is 0.507 e. The van der Waals surface area contributed by atoms with E-state index in [0.29, 0.717) is 34.4 Å². The molecule has 3 aromatic carbocycles. The molecule has 0 unspecified atom stereocenters. The average molecular weight is 446 g/mol. The van der Waals surface area contributed by atoms with Crippen LogP contribution in [0, 0.1) is 0 Å². The molecule has 0 aliphatic carbocycles. The third-order valence-corrected chi connectivity index (χ3v) is 6.04. The summed E-state index contributed by atoms with van der Waals surface area (Å²) in [5.41, 5.74) is 2.42. The van der Waals surface area contributed by atoms with Crippen LogP contribution in [0.5, 0.6) is 11.5 Å². The lowest BCUT2D eigenvalue weighted by Crippen LogP contribution is -2.08. The Balaban J connectivity index is 1.56. The second kappa shape index (κ2) is 10.2. The van der Waals surface area contributed by atoms with Crippen LogP contribution in [0.15, 0.2) is 84.0 Å². The summed E-state index contributed by atoms with van der Waals surface area (Å²) < 4.78 is 7.12. The van der Waals surface area contributed by atoms with Crippen LogP contribution in [0.2, 0.25) is 0 Å². The Morgan fingerprint density at radius 2 is 1.69 bits per heavy atom. The van der Waals surface area contributed by atoms with Gasteiger partial charge in [-0.1, -0.05) is 54.2 Å². The summed E-state index contributed by atoms with van der Waals surface area (Å²) in [6.45, 7) is 0.625. The first kappa shape index (κ1) is 21.6. The molecular weight excluding hydrogens is 422 g/mol. The zero-order valence-corrected chi connectivity index (χ0v) is 18.5. The fourth-order valence-electron chi connectivity index (χ4n) is 3.33. The van der Waals surface area contributed by atoms with Crippen molar-refractivity contribution < 1.29 is 14.6 Å². The van der Waals surface area contributed by atoms with Crippen LogP contribution in [0.3, 0.4) is 0 Å². The minimum atomic E-state index is -0.000583. The van der Waals surface area contributed by atoms with Gasteiger partial charge < -0.3 is 14.4 Å². The number of hydrogen-bond donors (Lipinski definition) is 1. The molecule has 0 radical (unpaired) electrons. The smallest absolute Gasteiger partial charge is 0.191 e. The van der Waals surface area contributed by atoms with Crippen molar-refractivity contribution in [1.82, 2.24) is 14.8 Å². The van der Waals surface area contributed by atoms with Gasteiger partial charge in [0, 0.05) is 12.1 Å². The van der Waals surface area contributed by atoms with Gasteiger partial charge in [0.2, 0.25) is 0 Å². The quantitative estimate of drug-likeness (QED) is 0.292. The lowest BCUT2D eigenvalue weighted by Gasteiger charge is -2.11. The standard InChI is InChI=1S/C25H23N3O3S/c1-31-20-13-11-19(12-14-20)23(30)17-32-25-27-26-24(21-9-5-6-10-22(21)29)28(25)16-15-18-7-3-2-4-8-18/h2-14,29H,15-17H2,1H3. The summed E-state index contributed by atoms with van der Waals surface area (Å²) in [6.07, 6.45) is 0.777. The highest BCUT2D eigenvalue weighted by Crippen LogP contribution is 2.30. The molecule has 0 spiro atoms. The third kappa shape index (κ3) is 5.00. The summed E-state index contributed by atoms with van der Waals surface area (Å²) in [7, 11) is 1.59. The Kier molecular flexibility index (Phi) is 6.87. The molecule has 1 N–H and O–H groups in total. The number of benzene rings is 3. The monoisotopic (exact) mass is 445 g/mol. The predicted molar refractivity (Wildman–Crippen MR) is 125 cm³/mol. The maximum atomic E-state index is 12.7. The molecule has 32 heavy (non-hydrogen) atoms. The Morgan fingerprint density at radius 1 is 0.969 bits per heavy atom. The Hall–Kier alpha value is -3.58. The first-order valence-electron chi connectivity index (χ1n) is 10.2. The van der Waals surface area contributed by atoms with E-state index in [4.69, 9.17) is 4.74 Å². The van der Waals surface area contributed by atoms with Crippen LogP contribution in [0.4, 0.5) is 0 Å². The topological polar surface area (TPSA) is 77.2 Å². The van der Waals surface area contributed by atoms with E-state index in [2.05, 4.69) is 22.3 Å². The number of carbonyl (C=O) groups is 1. The van der Waals surface area contributed by atoms with Crippen molar-refractivity contribution in [2.75, 3.05) is 12.9 Å². The van der Waals surface area contributed by atoms with Crippen molar-refractivity contribution in [1.29, 1.82) is 0 Å². The second-order valence-electron chi connectivity index (χ2n) is 7.15. The number of thioether (sulfide) groups is 1. The van der Waals surface area contributed by atoms with Crippen molar-refractivity contribution in [2.24, 2.45) is 0 Å². The molecule has 0 fully saturated rings. The highest BCUT2D eigenvalue weighted by molar-refractivity contribution is 7.99. The number of aryl methyl sites for hydroxylation is 1. The minimum absolute atomic E-state index is 0.000583. The normalized spacial score (nSPS) is 10.8. The van der Waals surface area contributed by atoms with Crippen LogP contribution in [-0.2, 0) is 13.0 Å². The van der Waals surface area contributed by atoms with Gasteiger partial charge in [-0.2, -0.15) is 0 Å². The predicted octanol–water partition coefficient (Wildman–Crippen LogP) is 4.88. The van der Waals surface area contributed by atoms with Gasteiger partial charge in [0.15, 0.2) is 16.8 Å². The van der Waals surface area contributed by atoms with Gasteiger partial charge in [0.1, 0.15) is 11.5 Å². The van der Waals surface area contributed by atoms with Gasteiger partial charge in [-0.3, -0.25) is 4.79 Å². The van der Waals surface area contributed by atoms with Gasteiger partial charge >= 0.3 is 0 Å². The van der Waals surface area contributed by atoms with Crippen LogP contribution < -0.4 is 4.74 Å². The number of rotatable bonds is 9. The molecule has 4 aromatic rings. The number of phenols is 1. The molecule has 6 nitrogen and oxygen atoms in total.